The molecule has 4 heteroatoms. The van der Waals surface area contributed by atoms with Gasteiger partial charge in [0.25, 0.3) is 0 Å². The van der Waals surface area contributed by atoms with Crippen LogP contribution in [0.3, 0.4) is 0 Å². The number of fused-ring (bicyclic) bond motifs is 4. The molecule has 2 aromatic rings. The molecule has 6 rings (SSSR count). The van der Waals surface area contributed by atoms with Crippen molar-refractivity contribution in [2.24, 2.45) is 11.8 Å². The molecule has 0 saturated carbocycles. The maximum atomic E-state index is 10.1. The number of rotatable bonds is 2. The molecule has 0 amide bonds. The van der Waals surface area contributed by atoms with Gasteiger partial charge in [0.15, 0.2) is 0 Å². The van der Waals surface area contributed by atoms with Gasteiger partial charge in [-0.15, -0.1) is 0 Å². The molecule has 0 aliphatic carbocycles. The van der Waals surface area contributed by atoms with Gasteiger partial charge in [-0.2, -0.15) is 0 Å². The molecule has 4 bridgehead atoms. The van der Waals surface area contributed by atoms with Crippen LogP contribution >= 0.6 is 0 Å². The molecular formula is C20H24N2O2. The normalized spacial score (nSPS) is 35.5. The second-order valence-electron chi connectivity index (χ2n) is 7.44. The van der Waals surface area contributed by atoms with E-state index in [-0.39, 0.29) is 6.61 Å². The first-order valence-electron chi connectivity index (χ1n) is 8.95. The highest BCUT2D eigenvalue weighted by atomic mass is 16.5. The molecule has 3 fully saturated rings. The van der Waals surface area contributed by atoms with Gasteiger partial charge in [-0.05, 0) is 49.4 Å². The minimum absolute atomic E-state index is 0.289. The van der Waals surface area contributed by atoms with Gasteiger partial charge in [0.1, 0.15) is 5.75 Å². The molecule has 2 N–H and O–H groups in total. The van der Waals surface area contributed by atoms with Crippen molar-refractivity contribution in [1.82, 2.24) is 9.88 Å². The zero-order valence-corrected chi connectivity index (χ0v) is 14.2. The van der Waals surface area contributed by atoms with E-state index in [4.69, 9.17) is 4.74 Å². The summed E-state index contributed by atoms with van der Waals surface area (Å²) in [5.41, 5.74) is 5.56. The maximum absolute atomic E-state index is 10.1. The zero-order valence-electron chi connectivity index (χ0n) is 14.2. The third-order valence-electron chi connectivity index (χ3n) is 6.63. The predicted molar refractivity (Wildman–Crippen MR) is 94.2 cm³/mol. The monoisotopic (exact) mass is 324 g/mol. The number of aromatic nitrogens is 1. The standard InChI is InChI=1S/C20H24N2O2/c1-3-11-9-22-18-8-15-14-6-12(24-2)4-5-17(14)21-20(15)19(22)7-13(11)16(18)10-23/h3-6,13,16,18-19,21,23H,7-10H2,1-2H3/t13-,16?,18+,19+/m0/s1. The number of piperidine rings is 3. The Morgan fingerprint density at radius 3 is 3.04 bits per heavy atom. The summed E-state index contributed by atoms with van der Waals surface area (Å²) in [6.07, 6.45) is 4.42. The smallest absolute Gasteiger partial charge is 0.119 e. The fraction of sp³-hybridized carbons (Fsp3) is 0.500. The number of benzene rings is 1. The SMILES string of the molecule is CC=C1CN2[C@@H]3C[C@@H]1C(CO)[C@H]2Cc1c3[nH]c2ccc(OC)cc12. The first-order valence-corrected chi connectivity index (χ1v) is 8.95. The Kier molecular flexibility index (Phi) is 3.10. The van der Waals surface area contributed by atoms with E-state index >= 15 is 0 Å². The van der Waals surface area contributed by atoms with Gasteiger partial charge in [-0.1, -0.05) is 11.6 Å². The third kappa shape index (κ3) is 1.76. The Morgan fingerprint density at radius 1 is 1.42 bits per heavy atom. The number of aliphatic hydroxyl groups is 1. The van der Waals surface area contributed by atoms with E-state index in [1.54, 1.807) is 7.11 Å². The molecule has 4 aliphatic heterocycles. The van der Waals surface area contributed by atoms with E-state index in [9.17, 15) is 5.11 Å². The highest BCUT2D eigenvalue weighted by Gasteiger charge is 2.52. The van der Waals surface area contributed by atoms with Crippen LogP contribution in [0.5, 0.6) is 5.75 Å². The van der Waals surface area contributed by atoms with Crippen LogP contribution in [0.15, 0.2) is 29.8 Å². The minimum Gasteiger partial charge on any atom is -0.497 e. The Balaban J connectivity index is 1.66. The first-order chi connectivity index (χ1) is 11.7. The average molecular weight is 324 g/mol. The van der Waals surface area contributed by atoms with Crippen LogP contribution in [0, 0.1) is 11.8 Å². The summed E-state index contributed by atoms with van der Waals surface area (Å²) in [4.78, 5) is 6.32. The largest absolute Gasteiger partial charge is 0.497 e. The number of methoxy groups -OCH3 is 1. The molecular weight excluding hydrogens is 300 g/mol. The molecule has 3 saturated heterocycles. The van der Waals surface area contributed by atoms with Crippen LogP contribution in [-0.4, -0.2) is 41.3 Å². The summed E-state index contributed by atoms with van der Waals surface area (Å²) in [5.74, 6) is 1.82. The molecule has 1 aromatic heterocycles. The Hall–Kier alpha value is -1.78. The summed E-state index contributed by atoms with van der Waals surface area (Å²) in [7, 11) is 1.72. The van der Waals surface area contributed by atoms with Crippen molar-refractivity contribution in [2.75, 3.05) is 20.3 Å². The number of allylic oxidation sites excluding steroid dienone is 1. The minimum atomic E-state index is 0.289. The molecule has 5 heterocycles. The van der Waals surface area contributed by atoms with E-state index in [2.05, 4.69) is 35.0 Å². The molecule has 0 spiro atoms. The number of nitrogens with one attached hydrogen (secondary N) is 1. The summed E-state index contributed by atoms with van der Waals surface area (Å²) in [5, 5.41) is 11.3. The van der Waals surface area contributed by atoms with Crippen LogP contribution in [-0.2, 0) is 6.42 Å². The lowest BCUT2D eigenvalue weighted by molar-refractivity contribution is -0.0503. The van der Waals surface area contributed by atoms with E-state index in [1.165, 1.54) is 27.7 Å². The first kappa shape index (κ1) is 14.6. The number of ether oxygens (including phenoxy) is 1. The maximum Gasteiger partial charge on any atom is 0.119 e. The summed E-state index contributed by atoms with van der Waals surface area (Å²) in [6, 6.07) is 7.24. The molecule has 1 aromatic carbocycles. The fourth-order valence-corrected chi connectivity index (χ4v) is 5.47. The van der Waals surface area contributed by atoms with Crippen molar-refractivity contribution in [3.8, 4) is 5.75 Å². The lowest BCUT2D eigenvalue weighted by Crippen LogP contribution is -2.60. The fourth-order valence-electron chi connectivity index (χ4n) is 5.47. The molecule has 2 unspecified atom stereocenters. The van der Waals surface area contributed by atoms with Gasteiger partial charge in [-0.3, -0.25) is 4.90 Å². The number of hydrogen-bond acceptors (Lipinski definition) is 3. The van der Waals surface area contributed by atoms with Gasteiger partial charge in [0.05, 0.1) is 13.2 Å². The highest BCUT2D eigenvalue weighted by molar-refractivity contribution is 5.86. The topological polar surface area (TPSA) is 48.5 Å². The van der Waals surface area contributed by atoms with Crippen molar-refractivity contribution in [3.63, 3.8) is 0 Å². The quantitative estimate of drug-likeness (QED) is 0.835. The van der Waals surface area contributed by atoms with Crippen molar-refractivity contribution in [1.29, 1.82) is 0 Å². The van der Waals surface area contributed by atoms with Crippen molar-refractivity contribution in [3.05, 3.63) is 41.1 Å². The van der Waals surface area contributed by atoms with Gasteiger partial charge in [0, 0.05) is 41.7 Å². The number of nitrogens with zero attached hydrogens (tertiary/aromatic N) is 1. The summed E-state index contributed by atoms with van der Waals surface area (Å²) in [6.45, 7) is 3.49. The summed E-state index contributed by atoms with van der Waals surface area (Å²) < 4.78 is 5.43. The zero-order chi connectivity index (χ0) is 16.4. The van der Waals surface area contributed by atoms with Gasteiger partial charge >= 0.3 is 0 Å². The average Bonchev–Trinajstić information content (AvgIpc) is 2.99. The highest BCUT2D eigenvalue weighted by Crippen LogP contribution is 2.54. The van der Waals surface area contributed by atoms with Gasteiger partial charge in [0.2, 0.25) is 0 Å². The molecule has 24 heavy (non-hydrogen) atoms. The molecule has 4 aliphatic rings. The number of aliphatic hydroxyl groups excluding tert-OH is 1. The predicted octanol–water partition coefficient (Wildman–Crippen LogP) is 3.03. The molecule has 4 nitrogen and oxygen atoms in total. The summed E-state index contributed by atoms with van der Waals surface area (Å²) >= 11 is 0. The van der Waals surface area contributed by atoms with E-state index < -0.39 is 0 Å². The van der Waals surface area contributed by atoms with Gasteiger partial charge in [-0.25, -0.2) is 0 Å². The van der Waals surface area contributed by atoms with Crippen molar-refractivity contribution in [2.45, 2.75) is 31.8 Å². The number of H-pyrrole nitrogens is 1. The van der Waals surface area contributed by atoms with E-state index in [1.807, 2.05) is 6.07 Å². The Labute approximate surface area is 142 Å². The second kappa shape index (κ2) is 5.11. The van der Waals surface area contributed by atoms with E-state index in [0.717, 1.165) is 25.1 Å². The Morgan fingerprint density at radius 2 is 2.29 bits per heavy atom. The lowest BCUT2D eigenvalue weighted by Gasteiger charge is -2.58. The second-order valence-corrected chi connectivity index (χ2v) is 7.44. The van der Waals surface area contributed by atoms with Gasteiger partial charge < -0.3 is 14.8 Å². The van der Waals surface area contributed by atoms with Crippen LogP contribution < -0.4 is 4.74 Å². The van der Waals surface area contributed by atoms with Crippen molar-refractivity contribution >= 4 is 10.9 Å². The lowest BCUT2D eigenvalue weighted by atomic mass is 9.64. The number of aromatic amines is 1. The molecule has 0 radical (unpaired) electrons. The number of hydrogen-bond donors (Lipinski definition) is 2. The van der Waals surface area contributed by atoms with Crippen LogP contribution in [0.25, 0.3) is 10.9 Å². The van der Waals surface area contributed by atoms with Crippen LogP contribution in [0.1, 0.15) is 30.6 Å². The van der Waals surface area contributed by atoms with Crippen LogP contribution in [0.2, 0.25) is 0 Å². The third-order valence-corrected chi connectivity index (χ3v) is 6.63. The van der Waals surface area contributed by atoms with Crippen LogP contribution in [0.4, 0.5) is 0 Å². The van der Waals surface area contributed by atoms with Crippen molar-refractivity contribution < 1.29 is 9.84 Å². The molecule has 5 atom stereocenters. The molecule has 126 valence electrons. The van der Waals surface area contributed by atoms with E-state index in [0.29, 0.717) is 23.9 Å². The Bertz CT molecular complexity index is 838.